The van der Waals surface area contributed by atoms with E-state index in [1.165, 1.54) is 0 Å². The van der Waals surface area contributed by atoms with E-state index in [0.29, 0.717) is 12.2 Å². The number of nitrogens with zero attached hydrogens (tertiary/aromatic N) is 2. The number of hydrogen-bond donors (Lipinski definition) is 2. The van der Waals surface area contributed by atoms with Gasteiger partial charge in [0.05, 0.1) is 12.2 Å². The lowest BCUT2D eigenvalue weighted by Crippen LogP contribution is -2.45. The molecule has 2 atom stereocenters. The molecule has 0 aromatic carbocycles. The fourth-order valence-corrected chi connectivity index (χ4v) is 2.87. The molecule has 22 heavy (non-hydrogen) atoms. The molecule has 0 radical (unpaired) electrons. The summed E-state index contributed by atoms with van der Waals surface area (Å²) in [4.78, 5) is 7.12. The zero-order valence-corrected chi connectivity index (χ0v) is 17.6. The molecular weight excluding hydrogens is 411 g/mol. The van der Waals surface area contributed by atoms with Crippen molar-refractivity contribution in [2.24, 2.45) is 4.99 Å². The maximum absolute atomic E-state index is 5.76. The molecule has 1 heterocycles. The minimum atomic E-state index is 0. The molecule has 2 unspecified atom stereocenters. The lowest BCUT2D eigenvalue weighted by molar-refractivity contribution is -0.0679. The second-order valence-electron chi connectivity index (χ2n) is 5.55. The SMILES string of the molecule is CCNC(=NCCCN1CC(C)OC(C)C1)NCCSC.I. The van der Waals surface area contributed by atoms with Gasteiger partial charge in [0.2, 0.25) is 0 Å². The molecule has 7 heteroatoms. The van der Waals surface area contributed by atoms with Gasteiger partial charge in [-0.15, -0.1) is 24.0 Å². The van der Waals surface area contributed by atoms with Crippen molar-refractivity contribution >= 4 is 41.7 Å². The minimum Gasteiger partial charge on any atom is -0.373 e. The first kappa shape index (κ1) is 22.3. The van der Waals surface area contributed by atoms with Crippen LogP contribution in [0.25, 0.3) is 0 Å². The highest BCUT2D eigenvalue weighted by molar-refractivity contribution is 14.0. The number of guanidine groups is 1. The van der Waals surface area contributed by atoms with Crippen molar-refractivity contribution in [2.45, 2.75) is 39.4 Å². The lowest BCUT2D eigenvalue weighted by Gasteiger charge is -2.35. The van der Waals surface area contributed by atoms with E-state index in [2.05, 4.69) is 47.6 Å². The second-order valence-corrected chi connectivity index (χ2v) is 6.54. The molecule has 0 bridgehead atoms. The summed E-state index contributed by atoms with van der Waals surface area (Å²) in [5, 5.41) is 6.65. The molecular formula is C15H33IN4OS. The Labute approximate surface area is 157 Å². The summed E-state index contributed by atoms with van der Waals surface area (Å²) in [6.07, 6.45) is 3.92. The van der Waals surface area contributed by atoms with Crippen LogP contribution in [0, 0.1) is 0 Å². The molecule has 0 amide bonds. The summed E-state index contributed by atoms with van der Waals surface area (Å²) in [5.74, 6) is 2.05. The van der Waals surface area contributed by atoms with Gasteiger partial charge in [0, 0.05) is 45.0 Å². The van der Waals surface area contributed by atoms with Gasteiger partial charge in [0.1, 0.15) is 0 Å². The van der Waals surface area contributed by atoms with Crippen molar-refractivity contribution in [1.29, 1.82) is 0 Å². The van der Waals surface area contributed by atoms with Crippen LogP contribution in [-0.2, 0) is 4.74 Å². The fourth-order valence-electron chi connectivity index (χ4n) is 2.57. The molecule has 1 aliphatic rings. The largest absolute Gasteiger partial charge is 0.373 e. The highest BCUT2D eigenvalue weighted by Gasteiger charge is 2.21. The van der Waals surface area contributed by atoms with Crippen LogP contribution in [0.5, 0.6) is 0 Å². The van der Waals surface area contributed by atoms with Crippen molar-refractivity contribution in [2.75, 3.05) is 51.3 Å². The average Bonchev–Trinajstić information content (AvgIpc) is 2.42. The zero-order valence-electron chi connectivity index (χ0n) is 14.4. The van der Waals surface area contributed by atoms with Crippen LogP contribution in [0.15, 0.2) is 4.99 Å². The highest BCUT2D eigenvalue weighted by atomic mass is 127. The summed E-state index contributed by atoms with van der Waals surface area (Å²) in [6, 6.07) is 0. The normalized spacial score (nSPS) is 23.0. The molecule has 0 aromatic rings. The molecule has 0 aromatic heterocycles. The number of aliphatic imine (C=N–C) groups is 1. The molecule has 1 rings (SSSR count). The van der Waals surface area contributed by atoms with Crippen molar-refractivity contribution in [3.8, 4) is 0 Å². The predicted octanol–water partition coefficient (Wildman–Crippen LogP) is 2.02. The van der Waals surface area contributed by atoms with Gasteiger partial charge in [0.25, 0.3) is 0 Å². The van der Waals surface area contributed by atoms with E-state index >= 15 is 0 Å². The maximum atomic E-state index is 5.76. The molecule has 0 aliphatic carbocycles. The highest BCUT2D eigenvalue weighted by Crippen LogP contribution is 2.10. The van der Waals surface area contributed by atoms with E-state index in [-0.39, 0.29) is 24.0 Å². The van der Waals surface area contributed by atoms with Gasteiger partial charge in [0.15, 0.2) is 5.96 Å². The molecule has 1 saturated heterocycles. The van der Waals surface area contributed by atoms with Crippen molar-refractivity contribution in [1.82, 2.24) is 15.5 Å². The van der Waals surface area contributed by atoms with Crippen molar-refractivity contribution in [3.63, 3.8) is 0 Å². The molecule has 1 fully saturated rings. The van der Waals surface area contributed by atoms with Crippen LogP contribution in [-0.4, -0.2) is 74.3 Å². The number of halogens is 1. The van der Waals surface area contributed by atoms with E-state index in [4.69, 9.17) is 4.74 Å². The van der Waals surface area contributed by atoms with Gasteiger partial charge in [-0.1, -0.05) is 0 Å². The predicted molar refractivity (Wildman–Crippen MR) is 109 cm³/mol. The van der Waals surface area contributed by atoms with E-state index in [1.807, 2.05) is 11.8 Å². The van der Waals surface area contributed by atoms with Crippen LogP contribution in [0.2, 0.25) is 0 Å². The summed E-state index contributed by atoms with van der Waals surface area (Å²) < 4.78 is 5.76. The Kier molecular flexibility index (Phi) is 13.9. The van der Waals surface area contributed by atoms with Gasteiger partial charge >= 0.3 is 0 Å². The zero-order chi connectivity index (χ0) is 15.5. The second kappa shape index (κ2) is 13.7. The summed E-state index contributed by atoms with van der Waals surface area (Å²) in [6.45, 7) is 12.3. The third-order valence-corrected chi connectivity index (χ3v) is 3.95. The first-order chi connectivity index (χ1) is 10.2. The Morgan fingerprint density at radius 2 is 1.95 bits per heavy atom. The van der Waals surface area contributed by atoms with E-state index < -0.39 is 0 Å². The average molecular weight is 444 g/mol. The number of ether oxygens (including phenoxy) is 1. The molecule has 0 spiro atoms. The molecule has 5 nitrogen and oxygen atoms in total. The van der Waals surface area contributed by atoms with Gasteiger partial charge in [-0.3, -0.25) is 9.89 Å². The summed E-state index contributed by atoms with van der Waals surface area (Å²) in [7, 11) is 0. The van der Waals surface area contributed by atoms with Crippen LogP contribution in [0.3, 0.4) is 0 Å². The van der Waals surface area contributed by atoms with E-state index in [0.717, 1.165) is 57.4 Å². The van der Waals surface area contributed by atoms with Crippen molar-refractivity contribution in [3.05, 3.63) is 0 Å². The first-order valence-electron chi connectivity index (χ1n) is 8.04. The minimum absolute atomic E-state index is 0. The number of nitrogens with one attached hydrogen (secondary N) is 2. The Balaban J connectivity index is 0.00000441. The number of thioether (sulfide) groups is 1. The van der Waals surface area contributed by atoms with Crippen molar-refractivity contribution < 1.29 is 4.74 Å². The topological polar surface area (TPSA) is 48.9 Å². The molecule has 2 N–H and O–H groups in total. The van der Waals surface area contributed by atoms with Crippen LogP contribution >= 0.6 is 35.7 Å². The van der Waals surface area contributed by atoms with Gasteiger partial charge < -0.3 is 15.4 Å². The third kappa shape index (κ3) is 10.1. The summed E-state index contributed by atoms with van der Waals surface area (Å²) >= 11 is 1.85. The van der Waals surface area contributed by atoms with Crippen LogP contribution in [0.4, 0.5) is 0 Å². The van der Waals surface area contributed by atoms with Gasteiger partial charge in [-0.05, 0) is 33.4 Å². The Morgan fingerprint density at radius 3 is 2.55 bits per heavy atom. The molecule has 0 saturated carbocycles. The van der Waals surface area contributed by atoms with Gasteiger partial charge in [-0.25, -0.2) is 0 Å². The van der Waals surface area contributed by atoms with Gasteiger partial charge in [-0.2, -0.15) is 11.8 Å². The Bertz CT molecular complexity index is 297. The third-order valence-electron chi connectivity index (χ3n) is 3.34. The first-order valence-corrected chi connectivity index (χ1v) is 9.44. The maximum Gasteiger partial charge on any atom is 0.191 e. The number of hydrogen-bond acceptors (Lipinski definition) is 4. The van der Waals surface area contributed by atoms with Crippen LogP contribution < -0.4 is 10.6 Å². The number of morpholine rings is 1. The van der Waals surface area contributed by atoms with E-state index in [9.17, 15) is 0 Å². The van der Waals surface area contributed by atoms with E-state index in [1.54, 1.807) is 0 Å². The summed E-state index contributed by atoms with van der Waals surface area (Å²) in [5.41, 5.74) is 0. The lowest BCUT2D eigenvalue weighted by atomic mass is 10.2. The standard InChI is InChI=1S/C15H32N4OS.HI/c1-5-16-15(18-8-10-21-4)17-7-6-9-19-11-13(2)20-14(3)12-19;/h13-14H,5-12H2,1-4H3,(H2,16,17,18);1H. The smallest absolute Gasteiger partial charge is 0.191 e. The quantitative estimate of drug-likeness (QED) is 0.260. The van der Waals surface area contributed by atoms with Crippen LogP contribution in [0.1, 0.15) is 27.2 Å². The fraction of sp³-hybridized carbons (Fsp3) is 0.933. The molecule has 1 aliphatic heterocycles. The molecule has 132 valence electrons. The Morgan fingerprint density at radius 1 is 1.27 bits per heavy atom. The number of rotatable bonds is 8. The Hall–Kier alpha value is 0.270. The monoisotopic (exact) mass is 444 g/mol.